The van der Waals surface area contributed by atoms with Crippen molar-refractivity contribution in [3.63, 3.8) is 0 Å². The Kier molecular flexibility index (Phi) is 2.02. The highest BCUT2D eigenvalue weighted by Crippen LogP contribution is 2.39. The molecule has 0 fully saturated rings. The van der Waals surface area contributed by atoms with Crippen LogP contribution in [0.5, 0.6) is 0 Å². The first-order valence-electron chi connectivity index (χ1n) is 5.40. The zero-order chi connectivity index (χ0) is 11.0. The van der Waals surface area contributed by atoms with Crippen LogP contribution in [0.1, 0.15) is 5.56 Å². The van der Waals surface area contributed by atoms with E-state index in [1.165, 1.54) is 0 Å². The Morgan fingerprint density at radius 3 is 2.69 bits per heavy atom. The predicted octanol–water partition coefficient (Wildman–Crippen LogP) is 2.77. The topological polar surface area (TPSA) is 36.0 Å². The predicted molar refractivity (Wildman–Crippen MR) is 64.1 cm³/mol. The molecule has 1 aliphatic heterocycles. The Labute approximate surface area is 94.2 Å². The fourth-order valence-electron chi connectivity index (χ4n) is 2.28. The summed E-state index contributed by atoms with van der Waals surface area (Å²) in [6, 6.07) is 13.3. The van der Waals surface area contributed by atoms with Crippen molar-refractivity contribution in [2.24, 2.45) is 0 Å². The van der Waals surface area contributed by atoms with Gasteiger partial charge in [-0.2, -0.15) is 0 Å². The van der Waals surface area contributed by atoms with Crippen molar-refractivity contribution < 1.29 is 0 Å². The van der Waals surface area contributed by atoms with Crippen LogP contribution in [0.2, 0.25) is 0 Å². The lowest BCUT2D eigenvalue weighted by molar-refractivity contribution is 0.533. The molecule has 2 heterocycles. The van der Waals surface area contributed by atoms with Gasteiger partial charge in [0.1, 0.15) is 5.69 Å². The number of benzene rings is 1. The number of hydrogen-bond donors (Lipinski definition) is 0. The van der Waals surface area contributed by atoms with Gasteiger partial charge in [0.25, 0.3) is 0 Å². The molecule has 0 amide bonds. The first-order chi connectivity index (χ1) is 7.81. The van der Waals surface area contributed by atoms with Gasteiger partial charge in [0.2, 0.25) is 5.82 Å². The molecule has 1 atom stereocenters. The number of nitrogens with zero attached hydrogens (tertiary/aromatic N) is 2. The van der Waals surface area contributed by atoms with Crippen LogP contribution in [0.4, 0.5) is 11.5 Å². The molecule has 3 nitrogen and oxygen atoms in total. The van der Waals surface area contributed by atoms with Crippen LogP contribution >= 0.6 is 0 Å². The number of quaternary nitrogens is 1. The number of hydroxylamine groups is 1. The number of rotatable bonds is 1. The lowest BCUT2D eigenvalue weighted by atomic mass is 10.2. The van der Waals surface area contributed by atoms with Gasteiger partial charge in [-0.15, -0.1) is 0 Å². The second-order valence-electron chi connectivity index (χ2n) is 4.03. The van der Waals surface area contributed by atoms with Crippen LogP contribution in [0.25, 0.3) is 0 Å². The van der Waals surface area contributed by atoms with Gasteiger partial charge in [0.05, 0.1) is 6.54 Å². The van der Waals surface area contributed by atoms with Gasteiger partial charge in [-0.3, -0.25) is 4.65 Å². The molecule has 0 N–H and O–H groups in total. The second-order valence-corrected chi connectivity index (χ2v) is 4.03. The monoisotopic (exact) mass is 212 g/mol. The van der Waals surface area contributed by atoms with Crippen LogP contribution in [-0.2, 0) is 6.42 Å². The molecule has 1 aliphatic rings. The van der Waals surface area contributed by atoms with Gasteiger partial charge >= 0.3 is 0 Å². The Morgan fingerprint density at radius 1 is 1.06 bits per heavy atom. The van der Waals surface area contributed by atoms with E-state index in [-0.39, 0.29) is 0 Å². The highest BCUT2D eigenvalue weighted by Gasteiger charge is 2.33. The summed E-state index contributed by atoms with van der Waals surface area (Å²) in [5.41, 5.74) is 1.98. The normalized spacial score (nSPS) is 23.1. The van der Waals surface area contributed by atoms with Crippen molar-refractivity contribution in [1.29, 1.82) is 0 Å². The zero-order valence-electron chi connectivity index (χ0n) is 8.84. The molecule has 0 aliphatic carbocycles. The van der Waals surface area contributed by atoms with Crippen LogP contribution in [0.3, 0.4) is 0 Å². The van der Waals surface area contributed by atoms with E-state index in [9.17, 15) is 5.21 Å². The minimum atomic E-state index is -0.420. The molecule has 0 saturated carbocycles. The molecule has 2 aromatic rings. The van der Waals surface area contributed by atoms with Crippen molar-refractivity contribution in [3.05, 3.63) is 59.4 Å². The highest BCUT2D eigenvalue weighted by atomic mass is 16.5. The van der Waals surface area contributed by atoms with E-state index < -0.39 is 4.65 Å². The molecule has 16 heavy (non-hydrogen) atoms. The Balaban J connectivity index is 2.15. The third-order valence-corrected chi connectivity index (χ3v) is 3.10. The Bertz CT molecular complexity index is 512. The summed E-state index contributed by atoms with van der Waals surface area (Å²) in [6.45, 7) is 0.552. The largest absolute Gasteiger partial charge is 0.621 e. The molecular weight excluding hydrogens is 200 g/mol. The van der Waals surface area contributed by atoms with E-state index in [0.717, 1.165) is 17.7 Å². The minimum absolute atomic E-state index is 0.420. The molecule has 0 saturated heterocycles. The van der Waals surface area contributed by atoms with Crippen molar-refractivity contribution in [2.45, 2.75) is 6.42 Å². The minimum Gasteiger partial charge on any atom is -0.621 e. The van der Waals surface area contributed by atoms with Crippen LogP contribution in [0, 0.1) is 5.21 Å². The molecule has 0 radical (unpaired) electrons. The van der Waals surface area contributed by atoms with Gasteiger partial charge < -0.3 is 5.21 Å². The van der Waals surface area contributed by atoms with Crippen LogP contribution < -0.4 is 4.65 Å². The number of hydrogen-bond acceptors (Lipinski definition) is 2. The van der Waals surface area contributed by atoms with Gasteiger partial charge in [-0.1, -0.05) is 24.3 Å². The molecule has 0 bridgehead atoms. The number of aromatic nitrogens is 1. The summed E-state index contributed by atoms with van der Waals surface area (Å²) in [7, 11) is 0. The molecule has 1 unspecified atom stereocenters. The molecule has 3 heteroatoms. The van der Waals surface area contributed by atoms with E-state index in [2.05, 4.69) is 4.98 Å². The average Bonchev–Trinajstić information content (AvgIpc) is 2.71. The lowest BCUT2D eigenvalue weighted by Crippen LogP contribution is -2.35. The standard InChI is InChI=1S/C13H12N2O/c16-15(13-7-3-4-9-14-13)10-8-11-5-1-2-6-12(11)15/h1-7,9H,8,10H2. The number of pyridine rings is 1. The smallest absolute Gasteiger partial charge is 0.232 e. The van der Waals surface area contributed by atoms with Gasteiger partial charge in [-0.05, 0) is 6.07 Å². The van der Waals surface area contributed by atoms with Crippen molar-refractivity contribution in [3.8, 4) is 0 Å². The number of para-hydroxylation sites is 1. The van der Waals surface area contributed by atoms with E-state index in [0.29, 0.717) is 12.4 Å². The van der Waals surface area contributed by atoms with Gasteiger partial charge in [0.15, 0.2) is 0 Å². The summed E-state index contributed by atoms with van der Waals surface area (Å²) in [5.74, 6) is 0.576. The maximum Gasteiger partial charge on any atom is 0.232 e. The van der Waals surface area contributed by atoms with Crippen LogP contribution in [0.15, 0.2) is 48.7 Å². The van der Waals surface area contributed by atoms with Crippen LogP contribution in [-0.4, -0.2) is 11.5 Å². The van der Waals surface area contributed by atoms with Gasteiger partial charge in [-0.25, -0.2) is 4.98 Å². The molecule has 1 aromatic carbocycles. The summed E-state index contributed by atoms with van der Waals surface area (Å²) < 4.78 is -0.420. The molecular formula is C13H12N2O. The molecule has 0 spiro atoms. The first kappa shape index (κ1) is 9.51. The Morgan fingerprint density at radius 2 is 1.88 bits per heavy atom. The maximum atomic E-state index is 12.8. The van der Waals surface area contributed by atoms with E-state index in [1.807, 2.05) is 36.4 Å². The average molecular weight is 212 g/mol. The zero-order valence-corrected chi connectivity index (χ0v) is 8.84. The van der Waals surface area contributed by atoms with E-state index in [4.69, 9.17) is 0 Å². The first-order valence-corrected chi connectivity index (χ1v) is 5.40. The van der Waals surface area contributed by atoms with E-state index >= 15 is 0 Å². The summed E-state index contributed by atoms with van der Waals surface area (Å²) in [6.07, 6.45) is 2.50. The fraction of sp³-hybridized carbons (Fsp3) is 0.154. The summed E-state index contributed by atoms with van der Waals surface area (Å²) >= 11 is 0. The highest BCUT2D eigenvalue weighted by molar-refractivity contribution is 5.63. The second kappa shape index (κ2) is 3.40. The summed E-state index contributed by atoms with van der Waals surface area (Å²) in [4.78, 5) is 4.19. The number of fused-ring (bicyclic) bond motifs is 1. The van der Waals surface area contributed by atoms with E-state index in [1.54, 1.807) is 12.3 Å². The lowest BCUT2D eigenvalue weighted by Gasteiger charge is -2.36. The molecule has 3 rings (SSSR count). The van der Waals surface area contributed by atoms with Gasteiger partial charge in [0, 0.05) is 30.3 Å². The summed E-state index contributed by atoms with van der Waals surface area (Å²) in [5, 5.41) is 12.8. The molecule has 80 valence electrons. The third-order valence-electron chi connectivity index (χ3n) is 3.10. The quantitative estimate of drug-likeness (QED) is 0.538. The van der Waals surface area contributed by atoms with Crippen molar-refractivity contribution in [2.75, 3.05) is 6.54 Å². The third kappa shape index (κ3) is 1.26. The Hall–Kier alpha value is -1.71. The molecule has 1 aromatic heterocycles. The fourth-order valence-corrected chi connectivity index (χ4v) is 2.28. The SMILES string of the molecule is [O-][N+]1(c2ccccn2)CCc2ccccc21. The maximum absolute atomic E-state index is 12.8. The van der Waals surface area contributed by atoms with Crippen molar-refractivity contribution >= 4 is 11.5 Å². The van der Waals surface area contributed by atoms with Crippen molar-refractivity contribution in [1.82, 2.24) is 9.63 Å².